The molecular weight excluding hydrogens is 482 g/mol. The van der Waals surface area contributed by atoms with Crippen LogP contribution in [0.2, 0.25) is 5.02 Å². The molecule has 186 valence electrons. The summed E-state index contributed by atoms with van der Waals surface area (Å²) in [6.45, 7) is 4.11. The smallest absolute Gasteiger partial charge is 0.300 e. The molecule has 1 unspecified atom stereocenters. The number of halogens is 1. The molecule has 1 saturated heterocycles. The molecule has 0 aliphatic carbocycles. The molecule has 1 amide bonds. The highest BCUT2D eigenvalue weighted by atomic mass is 35.5. The zero-order valence-electron chi connectivity index (χ0n) is 20.4. The average molecular weight is 508 g/mol. The Bertz CT molecular complexity index is 1370. The maximum absolute atomic E-state index is 13.5. The number of ketones is 1. The van der Waals surface area contributed by atoms with E-state index in [4.69, 9.17) is 25.8 Å². The Hall–Kier alpha value is -3.97. The maximum atomic E-state index is 13.5. The van der Waals surface area contributed by atoms with Gasteiger partial charge in [0.05, 0.1) is 32.4 Å². The second-order valence-electron chi connectivity index (χ2n) is 8.18. The number of aliphatic hydroxyl groups is 1. The lowest BCUT2D eigenvalue weighted by Gasteiger charge is -2.27. The van der Waals surface area contributed by atoms with Crippen molar-refractivity contribution in [2.24, 2.45) is 0 Å². The zero-order chi connectivity index (χ0) is 26.0. The van der Waals surface area contributed by atoms with Gasteiger partial charge in [-0.3, -0.25) is 14.5 Å². The van der Waals surface area contributed by atoms with Gasteiger partial charge in [-0.05, 0) is 61.4 Å². The van der Waals surface area contributed by atoms with Gasteiger partial charge in [0.25, 0.3) is 11.7 Å². The van der Waals surface area contributed by atoms with Gasteiger partial charge in [0.1, 0.15) is 11.5 Å². The van der Waals surface area contributed by atoms with E-state index in [9.17, 15) is 14.7 Å². The molecule has 1 atom stereocenters. The molecule has 36 heavy (non-hydrogen) atoms. The Morgan fingerprint density at radius 2 is 1.75 bits per heavy atom. The molecule has 3 aromatic carbocycles. The van der Waals surface area contributed by atoms with Crippen LogP contribution in [0.1, 0.15) is 29.7 Å². The normalized spacial score (nSPS) is 16.8. The van der Waals surface area contributed by atoms with Crippen molar-refractivity contribution in [2.75, 3.05) is 25.7 Å². The minimum atomic E-state index is -0.947. The molecule has 1 aliphatic rings. The first-order chi connectivity index (χ1) is 17.3. The molecule has 0 radical (unpaired) electrons. The molecule has 0 bridgehead atoms. The summed E-state index contributed by atoms with van der Waals surface area (Å²) in [6, 6.07) is 16.0. The lowest BCUT2D eigenvalue weighted by molar-refractivity contribution is -0.132. The zero-order valence-corrected chi connectivity index (χ0v) is 21.1. The second-order valence-corrected chi connectivity index (χ2v) is 8.61. The Morgan fingerprint density at radius 3 is 2.44 bits per heavy atom. The largest absolute Gasteiger partial charge is 0.507 e. The van der Waals surface area contributed by atoms with E-state index >= 15 is 0 Å². The molecule has 0 spiro atoms. The van der Waals surface area contributed by atoms with Gasteiger partial charge < -0.3 is 19.3 Å². The van der Waals surface area contributed by atoms with Crippen LogP contribution in [-0.2, 0) is 9.59 Å². The van der Waals surface area contributed by atoms with E-state index in [1.54, 1.807) is 60.7 Å². The summed E-state index contributed by atoms with van der Waals surface area (Å²) in [6.07, 6.45) is 0. The quantitative estimate of drug-likeness (QED) is 0.251. The molecule has 1 N–H and O–H groups in total. The average Bonchev–Trinajstić information content (AvgIpc) is 3.15. The minimum Gasteiger partial charge on any atom is -0.507 e. The number of Topliss-reactive ketones (excluding diaryl/α,β-unsaturated/α-hetero) is 1. The number of carbonyl (C=O) groups is 2. The highest BCUT2D eigenvalue weighted by Crippen LogP contribution is 2.45. The fourth-order valence-electron chi connectivity index (χ4n) is 4.32. The van der Waals surface area contributed by atoms with Crippen molar-refractivity contribution in [1.29, 1.82) is 0 Å². The summed E-state index contributed by atoms with van der Waals surface area (Å²) in [7, 11) is 3.02. The van der Waals surface area contributed by atoms with Crippen LogP contribution in [0, 0.1) is 6.92 Å². The molecule has 3 aromatic rings. The van der Waals surface area contributed by atoms with Crippen LogP contribution >= 0.6 is 11.6 Å². The van der Waals surface area contributed by atoms with Crippen molar-refractivity contribution in [3.63, 3.8) is 0 Å². The number of rotatable bonds is 7. The summed E-state index contributed by atoms with van der Waals surface area (Å²) in [5.74, 6) is -0.458. The van der Waals surface area contributed by atoms with Gasteiger partial charge in [-0.1, -0.05) is 35.9 Å². The summed E-state index contributed by atoms with van der Waals surface area (Å²) >= 11 is 6.27. The van der Waals surface area contributed by atoms with Crippen LogP contribution in [0.5, 0.6) is 17.2 Å². The topological polar surface area (TPSA) is 85.3 Å². The highest BCUT2D eigenvalue weighted by molar-refractivity contribution is 6.52. The third-order valence-corrected chi connectivity index (χ3v) is 6.25. The van der Waals surface area contributed by atoms with Crippen LogP contribution < -0.4 is 19.1 Å². The number of hydrogen-bond donors (Lipinski definition) is 1. The van der Waals surface area contributed by atoms with E-state index in [0.717, 1.165) is 5.56 Å². The third kappa shape index (κ3) is 4.50. The van der Waals surface area contributed by atoms with Gasteiger partial charge in [-0.15, -0.1) is 0 Å². The van der Waals surface area contributed by atoms with Crippen LogP contribution in [0.25, 0.3) is 5.76 Å². The first-order valence-electron chi connectivity index (χ1n) is 11.3. The second kappa shape index (κ2) is 10.3. The van der Waals surface area contributed by atoms with Crippen LogP contribution in [-0.4, -0.2) is 37.6 Å². The Morgan fingerprint density at radius 1 is 1.00 bits per heavy atom. The highest BCUT2D eigenvalue weighted by Gasteiger charge is 2.47. The Labute approximate surface area is 214 Å². The Balaban J connectivity index is 1.98. The van der Waals surface area contributed by atoms with Crippen molar-refractivity contribution in [3.8, 4) is 17.2 Å². The van der Waals surface area contributed by atoms with Gasteiger partial charge in [0.2, 0.25) is 0 Å². The molecule has 1 fully saturated rings. The lowest BCUT2D eigenvalue weighted by atomic mass is 9.94. The lowest BCUT2D eigenvalue weighted by Crippen LogP contribution is -2.30. The van der Waals surface area contributed by atoms with Gasteiger partial charge in [0, 0.05) is 16.3 Å². The predicted molar refractivity (Wildman–Crippen MR) is 138 cm³/mol. The van der Waals surface area contributed by atoms with Crippen LogP contribution in [0.15, 0.2) is 66.2 Å². The summed E-state index contributed by atoms with van der Waals surface area (Å²) < 4.78 is 16.4. The van der Waals surface area contributed by atoms with Crippen molar-refractivity contribution >= 4 is 34.7 Å². The monoisotopic (exact) mass is 507 g/mol. The van der Waals surface area contributed by atoms with E-state index in [2.05, 4.69) is 0 Å². The van der Waals surface area contributed by atoms with Crippen molar-refractivity contribution < 1.29 is 28.9 Å². The van der Waals surface area contributed by atoms with E-state index in [0.29, 0.717) is 45.7 Å². The molecule has 8 heteroatoms. The number of hydrogen-bond acceptors (Lipinski definition) is 6. The number of anilines is 1. The number of benzene rings is 3. The molecule has 0 aromatic heterocycles. The molecule has 1 aliphatic heterocycles. The number of amides is 1. The number of nitrogens with zero attached hydrogens (tertiary/aromatic N) is 1. The van der Waals surface area contributed by atoms with Gasteiger partial charge >= 0.3 is 0 Å². The van der Waals surface area contributed by atoms with Crippen molar-refractivity contribution in [1.82, 2.24) is 0 Å². The van der Waals surface area contributed by atoms with E-state index in [1.807, 2.05) is 13.8 Å². The summed E-state index contributed by atoms with van der Waals surface area (Å²) in [5.41, 5.74) is 2.05. The summed E-state index contributed by atoms with van der Waals surface area (Å²) in [5, 5.41) is 11.8. The van der Waals surface area contributed by atoms with Gasteiger partial charge in [0.15, 0.2) is 11.5 Å². The predicted octanol–water partition coefficient (Wildman–Crippen LogP) is 5.69. The van der Waals surface area contributed by atoms with Crippen molar-refractivity contribution in [2.45, 2.75) is 19.9 Å². The number of aliphatic hydroxyl groups excluding tert-OH is 1. The van der Waals surface area contributed by atoms with E-state index < -0.39 is 17.7 Å². The first kappa shape index (κ1) is 25.1. The van der Waals surface area contributed by atoms with Crippen LogP contribution in [0.4, 0.5) is 5.69 Å². The number of aryl methyl sites for hydroxylation is 1. The molecular formula is C28H26ClNO6. The standard InChI is InChI=1S/C28H26ClNO6/c1-5-36-20-8-6-7-18(13-20)26(31)24-25(17-10-12-22(34-3)23(14-17)35-4)30(28(33)27(24)32)21-15-19(29)11-9-16(21)2/h6-15,25,31H,5H2,1-4H3/b26-24+. The fourth-order valence-corrected chi connectivity index (χ4v) is 4.48. The maximum Gasteiger partial charge on any atom is 0.300 e. The first-order valence-corrected chi connectivity index (χ1v) is 11.7. The molecule has 0 saturated carbocycles. The van der Waals surface area contributed by atoms with E-state index in [-0.39, 0.29) is 11.3 Å². The van der Waals surface area contributed by atoms with Crippen LogP contribution in [0.3, 0.4) is 0 Å². The van der Waals surface area contributed by atoms with Gasteiger partial charge in [-0.25, -0.2) is 0 Å². The van der Waals surface area contributed by atoms with Gasteiger partial charge in [-0.2, -0.15) is 0 Å². The number of ether oxygens (including phenoxy) is 3. The van der Waals surface area contributed by atoms with E-state index in [1.165, 1.54) is 19.1 Å². The number of methoxy groups -OCH3 is 2. The molecule has 4 rings (SSSR count). The SMILES string of the molecule is CCOc1cccc(/C(O)=C2\C(=O)C(=O)N(c3cc(Cl)ccc3C)C2c2ccc(OC)c(OC)c2)c1. The molecule has 1 heterocycles. The number of carbonyl (C=O) groups excluding carboxylic acids is 2. The third-order valence-electron chi connectivity index (χ3n) is 6.02. The Kier molecular flexibility index (Phi) is 7.22. The van der Waals surface area contributed by atoms with Crippen molar-refractivity contribution in [3.05, 3.63) is 87.9 Å². The molecule has 7 nitrogen and oxygen atoms in total. The fraction of sp³-hybridized carbons (Fsp3) is 0.214. The minimum absolute atomic E-state index is 0.0553. The summed E-state index contributed by atoms with van der Waals surface area (Å²) in [4.78, 5) is 28.3.